The summed E-state index contributed by atoms with van der Waals surface area (Å²) in [7, 11) is 7.18. The van der Waals surface area contributed by atoms with E-state index < -0.39 is 45.8 Å². The summed E-state index contributed by atoms with van der Waals surface area (Å²) in [5.74, 6) is -4.16. The molecule has 0 aromatic heterocycles. The topological polar surface area (TPSA) is 133 Å². The van der Waals surface area contributed by atoms with Crippen molar-refractivity contribution in [2.45, 2.75) is 44.8 Å². The number of hydrogen-bond donors (Lipinski definition) is 1. The van der Waals surface area contributed by atoms with E-state index >= 15 is 0 Å². The average molecular weight is 577 g/mol. The van der Waals surface area contributed by atoms with Crippen LogP contribution >= 0.6 is 0 Å². The van der Waals surface area contributed by atoms with Crippen LogP contribution in [-0.2, 0) is 67.2 Å². The number of benzene rings is 2. The van der Waals surface area contributed by atoms with Gasteiger partial charge in [0.2, 0.25) is 0 Å². The van der Waals surface area contributed by atoms with E-state index in [1.54, 1.807) is 0 Å². The predicted octanol–water partition coefficient (Wildman–Crippen LogP) is -3.57. The van der Waals surface area contributed by atoms with Crippen LogP contribution in [0, 0.1) is 5.41 Å². The summed E-state index contributed by atoms with van der Waals surface area (Å²) in [6.07, 6.45) is 3.68. The summed E-state index contributed by atoms with van der Waals surface area (Å²) in [5.41, 5.74) is 2.46. The molecule has 0 unspecified atom stereocenters. The Balaban J connectivity index is 2.60. The summed E-state index contributed by atoms with van der Waals surface area (Å²) in [5, 5.41) is 0. The van der Waals surface area contributed by atoms with Crippen molar-refractivity contribution >= 4 is 75.1 Å². The maximum Gasteiger partial charge on any atom is 0.340 e. The second-order valence-corrected chi connectivity index (χ2v) is 11.5. The fourth-order valence-electron chi connectivity index (χ4n) is 4.40. The molecule has 0 bridgehead atoms. The predicted molar refractivity (Wildman–Crippen MR) is 173 cm³/mol. The van der Waals surface area contributed by atoms with Gasteiger partial charge in [0.1, 0.15) is 70.9 Å². The van der Waals surface area contributed by atoms with Gasteiger partial charge in [0.15, 0.2) is 0 Å². The van der Waals surface area contributed by atoms with E-state index in [4.69, 9.17) is 18.8 Å². The maximum atomic E-state index is 13.8. The Kier molecular flexibility index (Phi) is 12.5. The van der Waals surface area contributed by atoms with Crippen LogP contribution in [0.15, 0.2) is 24.3 Å². The van der Waals surface area contributed by atoms with Crippen LogP contribution in [0.5, 0.6) is 11.5 Å². The highest BCUT2D eigenvalue weighted by Crippen LogP contribution is 2.33. The molecule has 2 rings (SSSR count). The molecule has 0 aliphatic rings. The lowest BCUT2D eigenvalue weighted by Gasteiger charge is -2.26. The van der Waals surface area contributed by atoms with Gasteiger partial charge >= 0.3 is 17.9 Å². The Morgan fingerprint density at radius 3 is 1.29 bits per heavy atom. The molecule has 1 N–H and O–H groups in total. The van der Waals surface area contributed by atoms with Crippen molar-refractivity contribution in [3.05, 3.63) is 57.6 Å². The lowest BCUT2D eigenvalue weighted by molar-refractivity contribution is -0.174. The summed E-state index contributed by atoms with van der Waals surface area (Å²) in [4.78, 5) is 40.9. The number of carbonyl (C=O) groups is 3. The van der Waals surface area contributed by atoms with Crippen molar-refractivity contribution in [1.82, 2.24) is 0 Å². The Bertz CT molecular complexity index is 1270. The highest BCUT2D eigenvalue weighted by atomic mass is 32.2. The third kappa shape index (κ3) is 8.35. The minimum atomic E-state index is -4.46. The summed E-state index contributed by atoms with van der Waals surface area (Å²) in [6.45, 7) is 0.272. The summed E-state index contributed by atoms with van der Waals surface area (Å²) in [6, 6.07) is 7.66. The van der Waals surface area contributed by atoms with E-state index in [0.717, 1.165) is 52.9 Å². The number of esters is 3. The van der Waals surface area contributed by atoms with Gasteiger partial charge in [-0.15, -0.1) is 0 Å². The van der Waals surface area contributed by atoms with Gasteiger partial charge in [-0.2, -0.15) is 8.42 Å². The van der Waals surface area contributed by atoms with Crippen LogP contribution in [0.2, 0.25) is 0 Å². The van der Waals surface area contributed by atoms with Crippen molar-refractivity contribution in [3.8, 4) is 11.5 Å². The molecular weight excluding hydrogens is 541 g/mol. The first kappa shape index (κ1) is 34.4. The van der Waals surface area contributed by atoms with Gasteiger partial charge < -0.3 is 14.2 Å². The molecule has 0 heterocycles. The van der Waals surface area contributed by atoms with Gasteiger partial charge in [0, 0.05) is 0 Å². The standard InChI is InChI=1S/C25H36B6O9S/c1-25(22(32)38-2-3-41(35,36)37,23(33)39-20-16(10-28)4-14(8-26)5-17(20)11-29)24(34)40-21-18(12-30)6-15(9-27)7-19(21)13-31/h4-7H,2-3,8-13,26-31H2,1H3,(H,35,36,37). The van der Waals surface area contributed by atoms with Gasteiger partial charge in [-0.3, -0.25) is 9.35 Å². The fraction of sp³-hybridized carbons (Fsp3) is 0.400. The zero-order chi connectivity index (χ0) is 31.0. The van der Waals surface area contributed by atoms with E-state index in [1.165, 1.54) is 0 Å². The molecule has 0 amide bonds. The third-order valence-corrected chi connectivity index (χ3v) is 7.82. The molecule has 16 heteroatoms. The first-order valence-corrected chi connectivity index (χ1v) is 15.8. The van der Waals surface area contributed by atoms with Crippen molar-refractivity contribution in [1.29, 1.82) is 0 Å². The first-order valence-electron chi connectivity index (χ1n) is 14.1. The monoisotopic (exact) mass is 578 g/mol. The Labute approximate surface area is 248 Å². The first-order chi connectivity index (χ1) is 19.3. The molecule has 0 aliphatic heterocycles. The SMILES string of the molecule is BCc1cc(CB)c(OC(=O)C(C)(C(=O)OCCS(=O)(=O)O)C(=O)Oc2c(CB)cc(CB)cc2CB)c(CB)c1. The summed E-state index contributed by atoms with van der Waals surface area (Å²) < 4.78 is 48.0. The van der Waals surface area contributed by atoms with Crippen molar-refractivity contribution in [3.63, 3.8) is 0 Å². The molecule has 2 aromatic carbocycles. The molecule has 0 saturated heterocycles. The second kappa shape index (κ2) is 14.9. The van der Waals surface area contributed by atoms with E-state index in [2.05, 4.69) is 0 Å². The Hall–Kier alpha value is -2.85. The fourth-order valence-corrected chi connectivity index (χ4v) is 4.69. The molecule has 0 radical (unpaired) electrons. The van der Waals surface area contributed by atoms with E-state index in [1.807, 2.05) is 71.3 Å². The van der Waals surface area contributed by atoms with Crippen LogP contribution in [0.3, 0.4) is 0 Å². The smallest absolute Gasteiger partial charge is 0.340 e. The largest absolute Gasteiger partial charge is 0.463 e. The molecule has 0 saturated carbocycles. The highest BCUT2D eigenvalue weighted by Gasteiger charge is 2.54. The van der Waals surface area contributed by atoms with Gasteiger partial charge in [0.05, 0.1) is 0 Å². The number of carbonyl (C=O) groups excluding carboxylic acids is 3. The third-order valence-electron chi connectivity index (χ3n) is 7.13. The molecule has 214 valence electrons. The lowest BCUT2D eigenvalue weighted by atomic mass is 9.84. The summed E-state index contributed by atoms with van der Waals surface area (Å²) >= 11 is 0. The van der Waals surface area contributed by atoms with Gasteiger partial charge in [0.25, 0.3) is 15.5 Å². The van der Waals surface area contributed by atoms with Crippen molar-refractivity contribution in [2.24, 2.45) is 5.41 Å². The minimum absolute atomic E-state index is 0.262. The van der Waals surface area contributed by atoms with E-state index in [-0.39, 0.29) is 11.5 Å². The van der Waals surface area contributed by atoms with Gasteiger partial charge in [-0.25, -0.2) is 9.59 Å². The van der Waals surface area contributed by atoms with Gasteiger partial charge in [-0.1, -0.05) is 73.3 Å². The zero-order valence-electron chi connectivity index (χ0n) is 25.1. The molecule has 0 fully saturated rings. The Morgan fingerprint density at radius 2 is 1.02 bits per heavy atom. The van der Waals surface area contributed by atoms with Crippen LogP contribution < -0.4 is 9.47 Å². The number of ether oxygens (including phenoxy) is 3. The minimum Gasteiger partial charge on any atom is -0.463 e. The highest BCUT2D eigenvalue weighted by molar-refractivity contribution is 7.85. The molecule has 9 nitrogen and oxygen atoms in total. The second-order valence-electron chi connectivity index (χ2n) is 9.93. The zero-order valence-corrected chi connectivity index (χ0v) is 25.9. The van der Waals surface area contributed by atoms with E-state index in [0.29, 0.717) is 25.3 Å². The van der Waals surface area contributed by atoms with Crippen molar-refractivity contribution < 1.29 is 41.6 Å². The molecule has 0 aliphatic carbocycles. The van der Waals surface area contributed by atoms with Crippen LogP contribution in [0.25, 0.3) is 0 Å². The normalized spacial score (nSPS) is 11.6. The molecular formula is C25H36B6O9S. The average Bonchev–Trinajstić information content (AvgIpc) is 2.95. The number of hydrogen-bond acceptors (Lipinski definition) is 8. The van der Waals surface area contributed by atoms with Crippen LogP contribution in [0.1, 0.15) is 40.3 Å². The van der Waals surface area contributed by atoms with Crippen LogP contribution in [0.4, 0.5) is 0 Å². The Morgan fingerprint density at radius 1 is 0.683 bits per heavy atom. The molecule has 0 atom stereocenters. The maximum absolute atomic E-state index is 13.8. The molecule has 2 aromatic rings. The van der Waals surface area contributed by atoms with Crippen LogP contribution in [-0.4, -0.2) is 90.3 Å². The lowest BCUT2D eigenvalue weighted by Crippen LogP contribution is -2.50. The van der Waals surface area contributed by atoms with Crippen molar-refractivity contribution in [2.75, 3.05) is 12.4 Å². The molecule has 0 spiro atoms. The quantitative estimate of drug-likeness (QED) is 0.0797. The van der Waals surface area contributed by atoms with Gasteiger partial charge in [-0.05, 0) is 29.2 Å². The molecule has 41 heavy (non-hydrogen) atoms. The number of rotatable bonds is 14. The van der Waals surface area contributed by atoms with E-state index in [9.17, 15) is 22.8 Å².